The molecule has 1 aromatic carbocycles. The van der Waals surface area contributed by atoms with Crippen LogP contribution in [0.1, 0.15) is 137 Å². The Morgan fingerprint density at radius 1 is 0.667 bits per heavy atom. The summed E-state index contributed by atoms with van der Waals surface area (Å²) in [7, 11) is 0. The fraction of sp³-hybridized carbons (Fsp3) is 0.591. The third-order valence-electron chi connectivity index (χ3n) is 12.7. The monoisotopic (exact) mass is 810 g/mol. The van der Waals surface area contributed by atoms with Crippen LogP contribution >= 0.6 is 46.9 Å². The van der Waals surface area contributed by atoms with Gasteiger partial charge < -0.3 is 0 Å². The zero-order chi connectivity index (χ0) is 37.6. The van der Waals surface area contributed by atoms with Gasteiger partial charge in [0.25, 0.3) is 0 Å². The quantitative estimate of drug-likeness (QED) is 0.0960. The number of benzene rings is 1. The first kappa shape index (κ1) is 40.7. The van der Waals surface area contributed by atoms with E-state index in [0.29, 0.717) is 12.0 Å². The molecule has 7 rings (SSSR count). The Kier molecular flexibility index (Phi) is 14.5. The van der Waals surface area contributed by atoms with Gasteiger partial charge in [-0.3, -0.25) is 0 Å². The minimum Gasteiger partial charge on any atom is -0.245 e. The maximum Gasteiger partial charge on any atom is 0.132 e. The first-order chi connectivity index (χ1) is 26.4. The molecule has 7 atom stereocenters. The largest absolute Gasteiger partial charge is 0.245 e. The van der Waals surface area contributed by atoms with Crippen molar-refractivity contribution in [3.63, 3.8) is 0 Å². The number of halogens is 2. The fourth-order valence-corrected chi connectivity index (χ4v) is 13.6. The lowest BCUT2D eigenvalue weighted by Crippen LogP contribution is -2.61. The Balaban J connectivity index is 1.05. The summed E-state index contributed by atoms with van der Waals surface area (Å²) in [5, 5.41) is 0. The number of aryl methyl sites for hydroxylation is 1. The van der Waals surface area contributed by atoms with Gasteiger partial charge in [-0.25, -0.2) is 27.7 Å². The number of alkyl halides is 1. The number of thiophene rings is 2. The fourth-order valence-electron chi connectivity index (χ4n) is 9.25. The SMILES string of the molecule is CCCCC(CC)CCC1=CC=C(c2ccc(C3C4NSNC4C(c4ccc(-c5ccc(CCC(CC)CCCC)cc5F)s4)C4NSNC43)s2)C(F)C1. The Bertz CT molecular complexity index is 1710. The molecule has 3 fully saturated rings. The van der Waals surface area contributed by atoms with E-state index in [0.717, 1.165) is 52.0 Å². The van der Waals surface area contributed by atoms with E-state index < -0.39 is 6.17 Å². The average Bonchev–Trinajstić information content (AvgIpc) is 4.02. The molecule has 3 aromatic rings. The van der Waals surface area contributed by atoms with E-state index >= 15 is 8.78 Å². The van der Waals surface area contributed by atoms with Crippen LogP contribution in [0.4, 0.5) is 8.78 Å². The molecular weight excluding hydrogens is 751 g/mol. The van der Waals surface area contributed by atoms with Crippen LogP contribution in [0, 0.1) is 17.7 Å². The third-order valence-corrected chi connectivity index (χ3v) is 16.7. The second-order valence-electron chi connectivity index (χ2n) is 16.1. The number of unbranched alkanes of at least 4 members (excludes halogenated alkanes) is 2. The lowest BCUT2D eigenvalue weighted by Gasteiger charge is -2.45. The summed E-state index contributed by atoms with van der Waals surface area (Å²) in [5.74, 6) is 1.75. The number of hydrogen-bond acceptors (Lipinski definition) is 8. The zero-order valence-corrected chi connectivity index (χ0v) is 35.7. The average molecular weight is 811 g/mol. The minimum absolute atomic E-state index is 0.120. The van der Waals surface area contributed by atoms with Gasteiger partial charge in [0.2, 0.25) is 0 Å². The molecule has 0 radical (unpaired) electrons. The summed E-state index contributed by atoms with van der Waals surface area (Å²) in [5.41, 5.74) is 3.88. The number of fused-ring (bicyclic) bond motifs is 2. The minimum atomic E-state index is -0.954. The van der Waals surface area contributed by atoms with Crippen molar-refractivity contribution >= 4 is 52.5 Å². The molecule has 0 spiro atoms. The summed E-state index contributed by atoms with van der Waals surface area (Å²) in [6.07, 6.45) is 18.1. The molecule has 2 saturated heterocycles. The number of allylic oxidation sites excluding steroid dienone is 4. The second kappa shape index (κ2) is 19.3. The Morgan fingerprint density at radius 3 is 1.76 bits per heavy atom. The van der Waals surface area contributed by atoms with Crippen molar-refractivity contribution in [2.45, 2.75) is 153 Å². The number of rotatable bonds is 18. The van der Waals surface area contributed by atoms with Crippen LogP contribution in [0.15, 0.2) is 60.2 Å². The van der Waals surface area contributed by atoms with Crippen LogP contribution in [0.3, 0.4) is 0 Å². The van der Waals surface area contributed by atoms with E-state index in [2.05, 4.69) is 89.1 Å². The molecule has 0 bridgehead atoms. The Morgan fingerprint density at radius 2 is 1.22 bits per heavy atom. The van der Waals surface area contributed by atoms with E-state index in [1.165, 1.54) is 73.1 Å². The first-order valence-electron chi connectivity index (χ1n) is 20.8. The van der Waals surface area contributed by atoms with E-state index in [-0.39, 0.29) is 41.8 Å². The highest BCUT2D eigenvalue weighted by molar-refractivity contribution is 7.96. The summed E-state index contributed by atoms with van der Waals surface area (Å²) in [6, 6.07) is 15.3. The molecule has 4 nitrogen and oxygen atoms in total. The molecule has 7 unspecified atom stereocenters. The third kappa shape index (κ3) is 9.12. The van der Waals surface area contributed by atoms with Crippen LogP contribution < -0.4 is 18.9 Å². The van der Waals surface area contributed by atoms with Crippen molar-refractivity contribution < 1.29 is 8.78 Å². The molecule has 2 aliphatic heterocycles. The molecular formula is C44H60F2N4S4. The van der Waals surface area contributed by atoms with Crippen LogP contribution in [-0.2, 0) is 6.42 Å². The number of hydrogen-bond donors (Lipinski definition) is 4. The standard InChI is InChI=1S/C44H60F2N4S4/c1-5-9-11-27(7-3)13-15-29-17-19-31(33(45)25-29)35-21-23-37(51-35)39-41-43(49-53-47-41)40(44-42(39)48-54-50-44)38-24-22-36(52-38)32-20-18-30(26-34(32)46)16-14-28(8-4)12-10-6-2/h17-25,27-28,34,39-44,47-50H,5-16,26H2,1-4H3. The van der Waals surface area contributed by atoms with Crippen molar-refractivity contribution in [1.29, 1.82) is 0 Å². The smallest absolute Gasteiger partial charge is 0.132 e. The topological polar surface area (TPSA) is 48.1 Å². The molecule has 2 aromatic heterocycles. The predicted octanol–water partition coefficient (Wildman–Crippen LogP) is 12.7. The van der Waals surface area contributed by atoms with Crippen LogP contribution in [0.2, 0.25) is 0 Å². The summed E-state index contributed by atoms with van der Waals surface area (Å²) >= 11 is 6.66. The zero-order valence-electron chi connectivity index (χ0n) is 32.5. The van der Waals surface area contributed by atoms with Crippen molar-refractivity contribution in [2.75, 3.05) is 0 Å². The van der Waals surface area contributed by atoms with E-state index in [1.807, 2.05) is 6.07 Å². The molecule has 294 valence electrons. The Labute approximate surface area is 340 Å². The second-order valence-corrected chi connectivity index (χ2v) is 19.7. The summed E-state index contributed by atoms with van der Waals surface area (Å²) in [4.78, 5) is 4.59. The molecule has 4 aliphatic rings. The van der Waals surface area contributed by atoms with Gasteiger partial charge >= 0.3 is 0 Å². The number of nitrogens with one attached hydrogen (secondary N) is 4. The van der Waals surface area contributed by atoms with Gasteiger partial charge in [-0.15, -0.1) is 22.7 Å². The van der Waals surface area contributed by atoms with Gasteiger partial charge in [0.15, 0.2) is 0 Å². The lowest BCUT2D eigenvalue weighted by molar-refractivity contribution is 0.227. The molecule has 10 heteroatoms. The van der Waals surface area contributed by atoms with Gasteiger partial charge in [-0.05, 0) is 73.4 Å². The summed E-state index contributed by atoms with van der Waals surface area (Å²) < 4.78 is 46.4. The van der Waals surface area contributed by atoms with Crippen molar-refractivity contribution in [3.8, 4) is 10.4 Å². The molecule has 4 heterocycles. The van der Waals surface area contributed by atoms with Gasteiger partial charge in [0.05, 0.1) is 0 Å². The first-order valence-corrected chi connectivity index (χ1v) is 24.0. The Hall–Kier alpha value is -1.50. The highest BCUT2D eigenvalue weighted by Gasteiger charge is 2.56. The predicted molar refractivity (Wildman–Crippen MR) is 232 cm³/mol. The van der Waals surface area contributed by atoms with Gasteiger partial charge in [0, 0.05) is 97.3 Å². The summed E-state index contributed by atoms with van der Waals surface area (Å²) in [6.45, 7) is 9.08. The normalized spacial score (nSPS) is 27.7. The van der Waals surface area contributed by atoms with E-state index in [1.54, 1.807) is 53.0 Å². The molecule has 2 aliphatic carbocycles. The highest BCUT2D eigenvalue weighted by Crippen LogP contribution is 2.51. The molecule has 0 amide bonds. The molecule has 4 N–H and O–H groups in total. The van der Waals surface area contributed by atoms with Gasteiger partial charge in [-0.1, -0.05) is 109 Å². The van der Waals surface area contributed by atoms with Gasteiger partial charge in [-0.2, -0.15) is 0 Å². The maximum atomic E-state index is 15.8. The molecule has 1 saturated carbocycles. The van der Waals surface area contributed by atoms with Crippen LogP contribution in [-0.4, -0.2) is 30.3 Å². The van der Waals surface area contributed by atoms with Crippen molar-refractivity contribution in [1.82, 2.24) is 18.9 Å². The van der Waals surface area contributed by atoms with Crippen LogP contribution in [0.25, 0.3) is 16.0 Å². The van der Waals surface area contributed by atoms with Crippen molar-refractivity contribution in [3.05, 3.63) is 86.2 Å². The molecule has 54 heavy (non-hydrogen) atoms. The van der Waals surface area contributed by atoms with Crippen molar-refractivity contribution in [2.24, 2.45) is 11.8 Å². The van der Waals surface area contributed by atoms with Crippen LogP contribution in [0.5, 0.6) is 0 Å². The lowest BCUT2D eigenvalue weighted by atomic mass is 9.68. The maximum absolute atomic E-state index is 15.8. The van der Waals surface area contributed by atoms with E-state index in [9.17, 15) is 0 Å². The van der Waals surface area contributed by atoms with Gasteiger partial charge in [0.1, 0.15) is 12.0 Å². The van der Waals surface area contributed by atoms with E-state index in [4.69, 9.17) is 0 Å². The highest BCUT2D eigenvalue weighted by atomic mass is 32.2.